The average molecular weight is 513 g/mol. The van der Waals surface area contributed by atoms with Gasteiger partial charge in [-0.05, 0) is 59.7 Å². The number of rotatable bonds is 5. The van der Waals surface area contributed by atoms with Crippen LogP contribution in [-0.4, -0.2) is 16.8 Å². The molecule has 0 aromatic heterocycles. The van der Waals surface area contributed by atoms with Crippen molar-refractivity contribution in [2.45, 2.75) is 19.6 Å². The van der Waals surface area contributed by atoms with Gasteiger partial charge in [0.2, 0.25) is 19.7 Å². The van der Waals surface area contributed by atoms with Crippen molar-refractivity contribution in [1.29, 1.82) is 0 Å². The quantitative estimate of drug-likeness (QED) is 0.263. The van der Waals surface area contributed by atoms with Crippen LogP contribution in [0.3, 0.4) is 0 Å². The molecule has 5 rings (SSSR count). The molecule has 36 heavy (non-hydrogen) atoms. The Hall–Kier alpha value is -4.00. The zero-order valence-electron chi connectivity index (χ0n) is 19.3. The van der Waals surface area contributed by atoms with Gasteiger partial charge in [-0.25, -0.2) is 16.8 Å². The molecule has 0 saturated carbocycles. The molecule has 0 fully saturated rings. The molecule has 0 unspecified atom stereocenters. The van der Waals surface area contributed by atoms with E-state index in [-0.39, 0.29) is 0 Å². The van der Waals surface area contributed by atoms with Gasteiger partial charge in [0.25, 0.3) is 0 Å². The molecule has 0 aliphatic carbocycles. The highest BCUT2D eigenvalue weighted by atomic mass is 32.2. The van der Waals surface area contributed by atoms with Crippen LogP contribution in [0.1, 0.15) is 0 Å². The Morgan fingerprint density at radius 2 is 0.528 bits per heavy atom. The van der Waals surface area contributed by atoms with Crippen LogP contribution >= 0.6 is 0 Å². The second-order valence-electron chi connectivity index (χ2n) is 7.84. The van der Waals surface area contributed by atoms with Crippen molar-refractivity contribution < 1.29 is 16.8 Å². The Labute approximate surface area is 212 Å². The highest BCUT2D eigenvalue weighted by Gasteiger charge is 2.17. The number of benzene rings is 5. The van der Waals surface area contributed by atoms with Gasteiger partial charge >= 0.3 is 0 Å². The second kappa shape index (κ2) is 11.2. The van der Waals surface area contributed by atoms with E-state index in [9.17, 15) is 16.8 Å². The van der Waals surface area contributed by atoms with Crippen molar-refractivity contribution in [3.63, 3.8) is 0 Å². The standard InChI is InChI=1S/C18H14O2S.C12H10O2S/c19-21(20,17-9-5-2-6-10-17)18-13-11-16(12-14-18)15-7-3-1-4-8-15;13-15(14,11-7-3-1-4-8-11)12-9-5-2-6-10-12/h1-14H;1-10H. The lowest BCUT2D eigenvalue weighted by Crippen LogP contribution is -2.01. The van der Waals surface area contributed by atoms with Crippen molar-refractivity contribution in [1.82, 2.24) is 0 Å². The summed E-state index contributed by atoms with van der Waals surface area (Å²) in [7, 11) is -6.78. The lowest BCUT2D eigenvalue weighted by Gasteiger charge is -2.06. The Morgan fingerprint density at radius 1 is 0.278 bits per heavy atom. The maximum atomic E-state index is 12.5. The fourth-order valence-corrected chi connectivity index (χ4v) is 6.11. The predicted molar refractivity (Wildman–Crippen MR) is 142 cm³/mol. The molecule has 0 saturated heterocycles. The van der Waals surface area contributed by atoms with Gasteiger partial charge in [-0.1, -0.05) is 97.1 Å². The number of sulfone groups is 2. The van der Waals surface area contributed by atoms with E-state index in [0.717, 1.165) is 11.1 Å². The first-order valence-corrected chi connectivity index (χ1v) is 14.2. The van der Waals surface area contributed by atoms with Crippen LogP contribution in [0.15, 0.2) is 165 Å². The molecule has 4 nitrogen and oxygen atoms in total. The van der Waals surface area contributed by atoms with E-state index in [1.165, 1.54) is 0 Å². The number of hydrogen-bond donors (Lipinski definition) is 0. The summed E-state index contributed by atoms with van der Waals surface area (Å²) in [6.07, 6.45) is 0. The largest absolute Gasteiger partial charge is 0.219 e. The van der Waals surface area contributed by atoms with Gasteiger partial charge in [0, 0.05) is 0 Å². The summed E-state index contributed by atoms with van der Waals surface area (Å²) in [5.74, 6) is 0. The third kappa shape index (κ3) is 5.79. The van der Waals surface area contributed by atoms with Crippen LogP contribution in [0.25, 0.3) is 11.1 Å². The Bertz CT molecular complexity index is 1550. The summed E-state index contributed by atoms with van der Waals surface area (Å²) in [4.78, 5) is 1.29. The smallest absolute Gasteiger partial charge is 0.206 e. The van der Waals surface area contributed by atoms with Gasteiger partial charge in [0.15, 0.2) is 0 Å². The molecule has 0 aliphatic heterocycles. The minimum absolute atomic E-state index is 0.313. The molecular formula is C30H24O4S2. The summed E-state index contributed by atoms with van der Waals surface area (Å²) >= 11 is 0. The molecule has 0 aliphatic rings. The molecule has 6 heteroatoms. The lowest BCUT2D eigenvalue weighted by atomic mass is 10.1. The molecule has 0 radical (unpaired) electrons. The molecule has 5 aromatic carbocycles. The summed E-state index contributed by atoms with van der Waals surface area (Å²) < 4.78 is 49.0. The fraction of sp³-hybridized carbons (Fsp3) is 0. The van der Waals surface area contributed by atoms with Gasteiger partial charge < -0.3 is 0 Å². The third-order valence-electron chi connectivity index (χ3n) is 5.43. The van der Waals surface area contributed by atoms with Gasteiger partial charge in [0.1, 0.15) is 0 Å². The first-order chi connectivity index (χ1) is 17.4. The van der Waals surface area contributed by atoms with E-state index in [1.807, 2.05) is 42.5 Å². The zero-order chi connectivity index (χ0) is 25.4. The highest BCUT2D eigenvalue weighted by Crippen LogP contribution is 2.25. The molecule has 0 spiro atoms. The minimum atomic E-state index is -3.44. The van der Waals surface area contributed by atoms with Gasteiger partial charge in [-0.2, -0.15) is 0 Å². The van der Waals surface area contributed by atoms with E-state index in [1.54, 1.807) is 103 Å². The first-order valence-electron chi connectivity index (χ1n) is 11.2. The predicted octanol–water partition coefficient (Wildman–Crippen LogP) is 6.71. The number of hydrogen-bond acceptors (Lipinski definition) is 4. The summed E-state index contributed by atoms with van der Waals surface area (Å²) in [5, 5.41) is 0. The van der Waals surface area contributed by atoms with Crippen molar-refractivity contribution in [2.24, 2.45) is 0 Å². The molecular weight excluding hydrogens is 488 g/mol. The van der Waals surface area contributed by atoms with Gasteiger partial charge in [-0.15, -0.1) is 0 Å². The topological polar surface area (TPSA) is 68.3 Å². The molecule has 0 N–H and O–H groups in total. The fourth-order valence-electron chi connectivity index (χ4n) is 3.53. The van der Waals surface area contributed by atoms with Gasteiger partial charge in [-0.3, -0.25) is 0 Å². The van der Waals surface area contributed by atoms with Crippen molar-refractivity contribution in [3.8, 4) is 11.1 Å². The van der Waals surface area contributed by atoms with Crippen LogP contribution in [0.2, 0.25) is 0 Å². The van der Waals surface area contributed by atoms with Crippen molar-refractivity contribution in [2.75, 3.05) is 0 Å². The van der Waals surface area contributed by atoms with E-state index >= 15 is 0 Å². The summed E-state index contributed by atoms with van der Waals surface area (Å²) in [6, 6.07) is 42.2. The molecule has 180 valence electrons. The minimum Gasteiger partial charge on any atom is -0.219 e. The normalized spacial score (nSPS) is 11.2. The monoisotopic (exact) mass is 512 g/mol. The molecule has 0 heterocycles. The van der Waals surface area contributed by atoms with Crippen LogP contribution in [0.5, 0.6) is 0 Å². The maximum absolute atomic E-state index is 12.5. The SMILES string of the molecule is O=S(=O)(c1ccccc1)c1ccc(-c2ccccc2)cc1.O=S(=O)(c1ccccc1)c1ccccc1. The zero-order valence-corrected chi connectivity index (χ0v) is 20.9. The molecule has 0 bridgehead atoms. The van der Waals surface area contributed by atoms with E-state index < -0.39 is 19.7 Å². The Kier molecular flexibility index (Phi) is 7.78. The van der Waals surface area contributed by atoms with E-state index in [4.69, 9.17) is 0 Å². The summed E-state index contributed by atoms with van der Waals surface area (Å²) in [5.41, 5.74) is 2.07. The lowest BCUT2D eigenvalue weighted by molar-refractivity contribution is 0.594. The molecule has 0 atom stereocenters. The van der Waals surface area contributed by atoms with Crippen LogP contribution in [0.4, 0.5) is 0 Å². The highest BCUT2D eigenvalue weighted by molar-refractivity contribution is 7.91. The Morgan fingerprint density at radius 3 is 0.861 bits per heavy atom. The summed E-state index contributed by atoms with van der Waals surface area (Å²) in [6.45, 7) is 0. The first kappa shape index (κ1) is 25.1. The van der Waals surface area contributed by atoms with Crippen molar-refractivity contribution in [3.05, 3.63) is 146 Å². The van der Waals surface area contributed by atoms with Crippen molar-refractivity contribution >= 4 is 19.7 Å². The van der Waals surface area contributed by atoms with Crippen LogP contribution in [-0.2, 0) is 19.7 Å². The third-order valence-corrected chi connectivity index (χ3v) is 9.00. The van der Waals surface area contributed by atoms with E-state index in [2.05, 4.69) is 0 Å². The molecule has 0 amide bonds. The van der Waals surface area contributed by atoms with E-state index in [0.29, 0.717) is 19.6 Å². The Balaban J connectivity index is 0.000000179. The average Bonchev–Trinajstić information content (AvgIpc) is 2.95. The molecule has 5 aromatic rings. The maximum Gasteiger partial charge on any atom is 0.206 e. The van der Waals surface area contributed by atoms with Crippen LogP contribution in [0, 0.1) is 0 Å². The van der Waals surface area contributed by atoms with Crippen LogP contribution < -0.4 is 0 Å². The second-order valence-corrected chi connectivity index (χ2v) is 11.7. The van der Waals surface area contributed by atoms with Gasteiger partial charge in [0.05, 0.1) is 19.6 Å².